The molecule has 1 aliphatic carbocycles. The highest BCUT2D eigenvalue weighted by Gasteiger charge is 2.33. The third-order valence-electron chi connectivity index (χ3n) is 3.95. The Balaban J connectivity index is 1.93. The van der Waals surface area contributed by atoms with Gasteiger partial charge in [0.15, 0.2) is 0 Å². The maximum Gasteiger partial charge on any atom is 0.416 e. The highest BCUT2D eigenvalue weighted by molar-refractivity contribution is 5.30. The number of benzene rings is 1. The van der Waals surface area contributed by atoms with Crippen molar-refractivity contribution in [1.29, 1.82) is 0 Å². The van der Waals surface area contributed by atoms with Crippen molar-refractivity contribution in [1.82, 2.24) is 10.2 Å². The van der Waals surface area contributed by atoms with Crippen LogP contribution in [0.15, 0.2) is 18.2 Å². The first-order chi connectivity index (χ1) is 9.79. The van der Waals surface area contributed by atoms with Crippen LogP contribution >= 0.6 is 0 Å². The zero-order valence-electron chi connectivity index (χ0n) is 12.2. The minimum absolute atomic E-state index is 0.0742. The van der Waals surface area contributed by atoms with Crippen LogP contribution in [0, 0.1) is 5.82 Å². The van der Waals surface area contributed by atoms with Crippen molar-refractivity contribution >= 4 is 0 Å². The van der Waals surface area contributed by atoms with Gasteiger partial charge in [0.2, 0.25) is 0 Å². The van der Waals surface area contributed by atoms with Crippen LogP contribution in [0.4, 0.5) is 17.6 Å². The largest absolute Gasteiger partial charge is 0.416 e. The van der Waals surface area contributed by atoms with E-state index < -0.39 is 17.6 Å². The predicted octanol–water partition coefficient (Wildman–Crippen LogP) is 3.42. The van der Waals surface area contributed by atoms with E-state index in [2.05, 4.69) is 10.2 Å². The van der Waals surface area contributed by atoms with Crippen molar-refractivity contribution in [3.05, 3.63) is 35.1 Å². The first kappa shape index (κ1) is 16.2. The van der Waals surface area contributed by atoms with Gasteiger partial charge in [-0.25, -0.2) is 4.39 Å². The average Bonchev–Trinajstić information content (AvgIpc) is 3.22. The predicted molar refractivity (Wildman–Crippen MR) is 73.4 cm³/mol. The number of nitrogens with one attached hydrogen (secondary N) is 1. The number of likely N-dealkylation sites (N-methyl/N-ethyl adjacent to an activating group) is 1. The van der Waals surface area contributed by atoms with Crippen molar-refractivity contribution in [3.8, 4) is 0 Å². The Morgan fingerprint density at radius 1 is 1.33 bits per heavy atom. The molecule has 1 atom stereocenters. The van der Waals surface area contributed by atoms with E-state index in [-0.39, 0.29) is 18.2 Å². The lowest BCUT2D eigenvalue weighted by molar-refractivity contribution is -0.138. The van der Waals surface area contributed by atoms with Crippen LogP contribution in [0.3, 0.4) is 0 Å². The van der Waals surface area contributed by atoms with Crippen molar-refractivity contribution in [2.75, 3.05) is 13.6 Å². The molecule has 0 aromatic heterocycles. The summed E-state index contributed by atoms with van der Waals surface area (Å²) in [4.78, 5) is 2.24. The lowest BCUT2D eigenvalue weighted by atomic mass is 10.1. The van der Waals surface area contributed by atoms with E-state index in [4.69, 9.17) is 0 Å². The summed E-state index contributed by atoms with van der Waals surface area (Å²) in [7, 11) is 2.03. The normalized spacial score (nSPS) is 17.3. The van der Waals surface area contributed by atoms with Gasteiger partial charge in [-0.2, -0.15) is 13.2 Å². The topological polar surface area (TPSA) is 15.3 Å². The van der Waals surface area contributed by atoms with Gasteiger partial charge in [-0.1, -0.05) is 6.07 Å². The van der Waals surface area contributed by atoms with Gasteiger partial charge in [0.1, 0.15) is 5.82 Å². The molecule has 1 aliphatic rings. The first-order valence-electron chi connectivity index (χ1n) is 7.07. The standard InChI is InChI=1S/C15H20F4N2/c1-10(21(2)13-5-6-13)8-20-9-11-3-4-12(16)7-14(11)15(17,18)19/h3-4,7,10,13,20H,5-6,8-9H2,1-2H3. The SMILES string of the molecule is CC(CNCc1ccc(F)cc1C(F)(F)F)N(C)C1CC1. The smallest absolute Gasteiger partial charge is 0.311 e. The Kier molecular flexibility index (Phi) is 4.88. The number of halogens is 4. The summed E-state index contributed by atoms with van der Waals surface area (Å²) >= 11 is 0. The second-order valence-corrected chi connectivity index (χ2v) is 5.68. The summed E-state index contributed by atoms with van der Waals surface area (Å²) < 4.78 is 51.6. The Morgan fingerprint density at radius 2 is 2.00 bits per heavy atom. The summed E-state index contributed by atoms with van der Waals surface area (Å²) in [6.45, 7) is 2.72. The highest BCUT2D eigenvalue weighted by atomic mass is 19.4. The van der Waals surface area contributed by atoms with Crippen molar-refractivity contribution in [3.63, 3.8) is 0 Å². The average molecular weight is 304 g/mol. The van der Waals surface area contributed by atoms with E-state index in [1.807, 2.05) is 14.0 Å². The Morgan fingerprint density at radius 3 is 2.57 bits per heavy atom. The van der Waals surface area contributed by atoms with Crippen LogP contribution in [0.5, 0.6) is 0 Å². The molecule has 1 aromatic rings. The number of rotatable bonds is 6. The van der Waals surface area contributed by atoms with Gasteiger partial charge in [0, 0.05) is 25.2 Å². The molecule has 1 fully saturated rings. The first-order valence-corrected chi connectivity index (χ1v) is 7.07. The van der Waals surface area contributed by atoms with Crippen molar-refractivity contribution < 1.29 is 17.6 Å². The molecule has 2 rings (SSSR count). The fourth-order valence-electron chi connectivity index (χ4n) is 2.37. The van der Waals surface area contributed by atoms with Crippen LogP contribution in [-0.4, -0.2) is 30.6 Å². The van der Waals surface area contributed by atoms with Crippen LogP contribution in [-0.2, 0) is 12.7 Å². The van der Waals surface area contributed by atoms with Crippen LogP contribution < -0.4 is 5.32 Å². The molecule has 0 radical (unpaired) electrons. The van der Waals surface area contributed by atoms with Crippen LogP contribution in [0.25, 0.3) is 0 Å². The fraction of sp³-hybridized carbons (Fsp3) is 0.600. The maximum absolute atomic E-state index is 13.0. The van der Waals surface area contributed by atoms with Crippen molar-refractivity contribution in [2.24, 2.45) is 0 Å². The third kappa shape index (κ3) is 4.41. The van der Waals surface area contributed by atoms with Gasteiger partial charge in [-0.3, -0.25) is 4.90 Å². The third-order valence-corrected chi connectivity index (χ3v) is 3.95. The number of hydrogen-bond acceptors (Lipinski definition) is 2. The minimum atomic E-state index is -4.53. The molecule has 1 N–H and O–H groups in total. The molecular weight excluding hydrogens is 284 g/mol. The lowest BCUT2D eigenvalue weighted by Crippen LogP contribution is -2.39. The molecular formula is C15H20F4N2. The summed E-state index contributed by atoms with van der Waals surface area (Å²) in [5.74, 6) is -0.868. The van der Waals surface area contributed by atoms with E-state index >= 15 is 0 Å². The molecule has 0 heterocycles. The molecule has 118 valence electrons. The van der Waals surface area contributed by atoms with E-state index in [1.165, 1.54) is 18.9 Å². The fourth-order valence-corrected chi connectivity index (χ4v) is 2.37. The molecule has 21 heavy (non-hydrogen) atoms. The summed E-state index contributed by atoms with van der Waals surface area (Å²) in [6.07, 6.45) is -2.15. The van der Waals surface area contributed by atoms with Gasteiger partial charge in [0.05, 0.1) is 5.56 Å². The van der Waals surface area contributed by atoms with Crippen molar-refractivity contribution in [2.45, 2.75) is 44.6 Å². The molecule has 2 nitrogen and oxygen atoms in total. The van der Waals surface area contributed by atoms with Gasteiger partial charge in [-0.05, 0) is 44.5 Å². The zero-order chi connectivity index (χ0) is 15.6. The monoisotopic (exact) mass is 304 g/mol. The van der Waals surface area contributed by atoms with Gasteiger partial charge in [-0.15, -0.1) is 0 Å². The molecule has 1 aromatic carbocycles. The molecule has 0 amide bonds. The highest BCUT2D eigenvalue weighted by Crippen LogP contribution is 2.32. The molecule has 0 bridgehead atoms. The quantitative estimate of drug-likeness (QED) is 0.810. The Bertz CT molecular complexity index is 483. The number of nitrogens with zero attached hydrogens (tertiary/aromatic N) is 1. The molecule has 1 saturated carbocycles. The van der Waals surface area contributed by atoms with Gasteiger partial charge in [0.25, 0.3) is 0 Å². The molecule has 0 spiro atoms. The van der Waals surface area contributed by atoms with E-state index in [0.717, 1.165) is 6.07 Å². The van der Waals surface area contributed by atoms with Gasteiger partial charge < -0.3 is 5.32 Å². The maximum atomic E-state index is 13.0. The number of hydrogen-bond donors (Lipinski definition) is 1. The molecule has 0 saturated heterocycles. The Hall–Kier alpha value is -1.14. The molecule has 0 aliphatic heterocycles. The number of alkyl halides is 3. The van der Waals surface area contributed by atoms with E-state index in [9.17, 15) is 17.6 Å². The lowest BCUT2D eigenvalue weighted by Gasteiger charge is -2.25. The van der Waals surface area contributed by atoms with Crippen LogP contribution in [0.1, 0.15) is 30.9 Å². The van der Waals surface area contributed by atoms with Crippen LogP contribution in [0.2, 0.25) is 0 Å². The summed E-state index contributed by atoms with van der Waals surface area (Å²) in [5.41, 5.74) is -0.830. The Labute approximate surface area is 122 Å². The second kappa shape index (κ2) is 6.32. The van der Waals surface area contributed by atoms with E-state index in [1.54, 1.807) is 0 Å². The zero-order valence-corrected chi connectivity index (χ0v) is 12.2. The molecule has 6 heteroatoms. The van der Waals surface area contributed by atoms with E-state index in [0.29, 0.717) is 18.7 Å². The van der Waals surface area contributed by atoms with Gasteiger partial charge >= 0.3 is 6.18 Å². The second-order valence-electron chi connectivity index (χ2n) is 5.68. The summed E-state index contributed by atoms with van der Waals surface area (Å²) in [6, 6.07) is 3.68. The molecule has 1 unspecified atom stereocenters. The summed E-state index contributed by atoms with van der Waals surface area (Å²) in [5, 5.41) is 3.03. The minimum Gasteiger partial charge on any atom is -0.311 e.